The van der Waals surface area contributed by atoms with Crippen molar-refractivity contribution in [3.05, 3.63) is 42.1 Å². The highest BCUT2D eigenvalue weighted by Crippen LogP contribution is 2.18. The monoisotopic (exact) mass is 275 g/mol. The van der Waals surface area contributed by atoms with Crippen molar-refractivity contribution in [1.82, 2.24) is 14.7 Å². The Balaban J connectivity index is 1.79. The zero-order valence-electron chi connectivity index (χ0n) is 11.1. The molecule has 0 bridgehead atoms. The minimum absolute atomic E-state index is 0.0330. The quantitative estimate of drug-likeness (QED) is 0.900. The van der Waals surface area contributed by atoms with Crippen molar-refractivity contribution in [2.45, 2.75) is 32.0 Å². The molecule has 0 radical (unpaired) electrons. The molecule has 3 heterocycles. The summed E-state index contributed by atoms with van der Waals surface area (Å²) in [6.07, 6.45) is 4.22. The highest BCUT2D eigenvalue weighted by Gasteiger charge is 2.27. The number of amides is 1. The normalized spacial score (nSPS) is 18.6. The molecule has 1 aliphatic heterocycles. The lowest BCUT2D eigenvalue weighted by molar-refractivity contribution is -0.134. The number of carbonyl (C=O) groups is 1. The van der Waals surface area contributed by atoms with E-state index in [1.165, 1.54) is 0 Å². The van der Waals surface area contributed by atoms with E-state index in [-0.39, 0.29) is 25.0 Å². The van der Waals surface area contributed by atoms with Crippen molar-refractivity contribution in [1.29, 1.82) is 0 Å². The van der Waals surface area contributed by atoms with Crippen LogP contribution in [0.15, 0.2) is 35.1 Å². The Bertz CT molecular complexity index is 576. The lowest BCUT2D eigenvalue weighted by Gasteiger charge is -2.28. The van der Waals surface area contributed by atoms with Gasteiger partial charge in [-0.15, -0.1) is 0 Å². The van der Waals surface area contributed by atoms with Gasteiger partial charge in [0.1, 0.15) is 5.76 Å². The van der Waals surface area contributed by atoms with Gasteiger partial charge < -0.3 is 14.4 Å². The lowest BCUT2D eigenvalue weighted by atomic mass is 10.1. The standard InChI is InChI=1S/C14H17N3O3/c18-10-12-4-6-17-11(3-5-15-17)9-16(12)14(19)8-13-2-1-7-20-13/h1-3,5,7,12,18H,4,6,8-10H2/t12-/m0/s1. The molecule has 6 heteroatoms. The van der Waals surface area contributed by atoms with Crippen LogP contribution in [0.4, 0.5) is 0 Å². The summed E-state index contributed by atoms with van der Waals surface area (Å²) in [5, 5.41) is 13.8. The first-order chi connectivity index (χ1) is 9.78. The van der Waals surface area contributed by atoms with E-state index in [2.05, 4.69) is 5.10 Å². The average Bonchev–Trinajstić information content (AvgIpc) is 3.07. The predicted octanol–water partition coefficient (Wildman–Crippen LogP) is 0.812. The van der Waals surface area contributed by atoms with Crippen LogP contribution in [0, 0.1) is 0 Å². The second kappa shape index (κ2) is 5.50. The number of aliphatic hydroxyl groups excluding tert-OH is 1. The van der Waals surface area contributed by atoms with Crippen LogP contribution in [0.1, 0.15) is 17.9 Å². The third-order valence-corrected chi connectivity index (χ3v) is 3.69. The third-order valence-electron chi connectivity index (χ3n) is 3.69. The largest absolute Gasteiger partial charge is 0.469 e. The molecular weight excluding hydrogens is 258 g/mol. The maximum Gasteiger partial charge on any atom is 0.230 e. The number of nitrogens with zero attached hydrogens (tertiary/aromatic N) is 3. The number of aryl methyl sites for hydroxylation is 1. The maximum atomic E-state index is 12.4. The topological polar surface area (TPSA) is 71.5 Å². The molecule has 20 heavy (non-hydrogen) atoms. The van der Waals surface area contributed by atoms with Crippen molar-refractivity contribution in [3.63, 3.8) is 0 Å². The average molecular weight is 275 g/mol. The van der Waals surface area contributed by atoms with E-state index in [0.717, 1.165) is 12.2 Å². The van der Waals surface area contributed by atoms with Crippen molar-refractivity contribution < 1.29 is 14.3 Å². The number of furan rings is 1. The third kappa shape index (κ3) is 2.46. The summed E-state index contributed by atoms with van der Waals surface area (Å²) < 4.78 is 7.11. The Morgan fingerprint density at radius 1 is 1.50 bits per heavy atom. The van der Waals surface area contributed by atoms with Crippen LogP contribution >= 0.6 is 0 Å². The van der Waals surface area contributed by atoms with E-state index < -0.39 is 0 Å². The highest BCUT2D eigenvalue weighted by atomic mass is 16.3. The summed E-state index contributed by atoms with van der Waals surface area (Å²) in [6, 6.07) is 5.30. The fourth-order valence-corrected chi connectivity index (χ4v) is 2.57. The van der Waals surface area contributed by atoms with Crippen molar-refractivity contribution in [3.8, 4) is 0 Å². The van der Waals surface area contributed by atoms with Gasteiger partial charge in [0.25, 0.3) is 0 Å². The number of aromatic nitrogens is 2. The van der Waals surface area contributed by atoms with Gasteiger partial charge in [-0.3, -0.25) is 9.48 Å². The Hall–Kier alpha value is -2.08. The van der Waals surface area contributed by atoms with Gasteiger partial charge in [-0.2, -0.15) is 5.10 Å². The molecule has 106 valence electrons. The summed E-state index contributed by atoms with van der Waals surface area (Å²) in [7, 11) is 0. The summed E-state index contributed by atoms with van der Waals surface area (Å²) in [4.78, 5) is 14.2. The molecular formula is C14H17N3O3. The van der Waals surface area contributed by atoms with Gasteiger partial charge in [-0.1, -0.05) is 0 Å². The molecule has 1 N–H and O–H groups in total. The van der Waals surface area contributed by atoms with Crippen molar-refractivity contribution in [2.24, 2.45) is 0 Å². The molecule has 2 aromatic heterocycles. The van der Waals surface area contributed by atoms with Crippen LogP contribution in [0.5, 0.6) is 0 Å². The fraction of sp³-hybridized carbons (Fsp3) is 0.429. The molecule has 0 spiro atoms. The molecule has 3 rings (SSSR count). The van der Waals surface area contributed by atoms with Crippen LogP contribution in [-0.4, -0.2) is 38.3 Å². The molecule has 1 amide bonds. The van der Waals surface area contributed by atoms with Crippen molar-refractivity contribution >= 4 is 5.91 Å². The number of hydrogen-bond acceptors (Lipinski definition) is 4. The molecule has 2 aromatic rings. The zero-order valence-corrected chi connectivity index (χ0v) is 11.1. The second-order valence-corrected chi connectivity index (χ2v) is 4.95. The van der Waals surface area contributed by atoms with Gasteiger partial charge in [0, 0.05) is 12.7 Å². The summed E-state index contributed by atoms with van der Waals surface area (Å²) in [5.41, 5.74) is 0.994. The minimum Gasteiger partial charge on any atom is -0.469 e. The lowest BCUT2D eigenvalue weighted by Crippen LogP contribution is -2.42. The van der Waals surface area contributed by atoms with Crippen LogP contribution < -0.4 is 0 Å². The van der Waals surface area contributed by atoms with Crippen LogP contribution in [0.25, 0.3) is 0 Å². The molecule has 0 aliphatic carbocycles. The molecule has 6 nitrogen and oxygen atoms in total. The Kier molecular flexibility index (Phi) is 3.56. The van der Waals surface area contributed by atoms with Gasteiger partial charge in [0.15, 0.2) is 0 Å². The summed E-state index contributed by atoms with van der Waals surface area (Å²) in [6.45, 7) is 1.16. The first-order valence-electron chi connectivity index (χ1n) is 6.71. The molecule has 1 aliphatic rings. The molecule has 0 unspecified atom stereocenters. The first kappa shape index (κ1) is 12.9. The predicted molar refractivity (Wildman–Crippen MR) is 70.7 cm³/mol. The molecule has 0 saturated heterocycles. The van der Waals surface area contributed by atoms with E-state index in [1.807, 2.05) is 10.7 Å². The SMILES string of the molecule is O=C(Cc1ccco1)N1Cc2ccnn2CC[C@H]1CO. The van der Waals surface area contributed by atoms with Gasteiger partial charge in [-0.05, 0) is 24.6 Å². The Morgan fingerprint density at radius 2 is 2.40 bits per heavy atom. The molecule has 1 atom stereocenters. The molecule has 0 saturated carbocycles. The number of carbonyl (C=O) groups excluding carboxylic acids is 1. The smallest absolute Gasteiger partial charge is 0.230 e. The minimum atomic E-state index is -0.167. The van der Waals surface area contributed by atoms with E-state index in [4.69, 9.17) is 4.42 Å². The van der Waals surface area contributed by atoms with Gasteiger partial charge in [0.05, 0.1) is 37.6 Å². The fourth-order valence-electron chi connectivity index (χ4n) is 2.57. The molecule has 0 fully saturated rings. The van der Waals surface area contributed by atoms with Gasteiger partial charge in [-0.25, -0.2) is 0 Å². The number of fused-ring (bicyclic) bond motifs is 1. The van der Waals surface area contributed by atoms with Crippen LogP contribution in [0.3, 0.4) is 0 Å². The number of aliphatic hydroxyl groups is 1. The summed E-state index contributed by atoms with van der Waals surface area (Å²) >= 11 is 0. The van der Waals surface area contributed by atoms with E-state index in [0.29, 0.717) is 18.7 Å². The van der Waals surface area contributed by atoms with Gasteiger partial charge >= 0.3 is 0 Å². The first-order valence-corrected chi connectivity index (χ1v) is 6.71. The van der Waals surface area contributed by atoms with E-state index in [9.17, 15) is 9.90 Å². The molecule has 0 aromatic carbocycles. The van der Waals surface area contributed by atoms with Gasteiger partial charge in [0.2, 0.25) is 5.91 Å². The van der Waals surface area contributed by atoms with Crippen LogP contribution in [-0.2, 0) is 24.3 Å². The van der Waals surface area contributed by atoms with Crippen molar-refractivity contribution in [2.75, 3.05) is 6.61 Å². The van der Waals surface area contributed by atoms with E-state index in [1.54, 1.807) is 29.5 Å². The van der Waals surface area contributed by atoms with E-state index >= 15 is 0 Å². The van der Waals surface area contributed by atoms with Crippen LogP contribution in [0.2, 0.25) is 0 Å². The maximum absolute atomic E-state index is 12.4. The Morgan fingerprint density at radius 3 is 3.15 bits per heavy atom. The summed E-state index contributed by atoms with van der Waals surface area (Å²) in [5.74, 6) is 0.609. The zero-order chi connectivity index (χ0) is 13.9. The number of rotatable bonds is 3. The highest BCUT2D eigenvalue weighted by molar-refractivity contribution is 5.78. The second-order valence-electron chi connectivity index (χ2n) is 4.95. The Labute approximate surface area is 116 Å². The number of hydrogen-bond donors (Lipinski definition) is 1.